The van der Waals surface area contributed by atoms with Gasteiger partial charge in [0.05, 0.1) is 26.9 Å². The van der Waals surface area contributed by atoms with E-state index >= 15 is 0 Å². The molecule has 0 radical (unpaired) electrons. The summed E-state index contributed by atoms with van der Waals surface area (Å²) < 4.78 is 17.5. The Morgan fingerprint density at radius 1 is 0.846 bits per heavy atom. The molecule has 8 heteroatoms. The van der Waals surface area contributed by atoms with E-state index < -0.39 is 23.7 Å². The molecule has 39 heavy (non-hydrogen) atoms. The van der Waals surface area contributed by atoms with Crippen LogP contribution >= 0.6 is 0 Å². The lowest BCUT2D eigenvalue weighted by Gasteiger charge is -2.38. The number of carbonyl (C=O) groups excluding carboxylic acids is 1. The summed E-state index contributed by atoms with van der Waals surface area (Å²) in [4.78, 5) is 26.9. The zero-order valence-electron chi connectivity index (χ0n) is 23.2. The number of methoxy groups -OCH3 is 2. The Kier molecular flexibility index (Phi) is 10.5. The third-order valence-electron chi connectivity index (χ3n) is 6.89. The van der Waals surface area contributed by atoms with Crippen molar-refractivity contribution in [1.29, 1.82) is 0 Å². The van der Waals surface area contributed by atoms with E-state index in [1.807, 2.05) is 92.7 Å². The molecule has 0 aromatic heterocycles. The lowest BCUT2D eigenvalue weighted by Crippen LogP contribution is -2.53. The van der Waals surface area contributed by atoms with E-state index in [2.05, 4.69) is 5.32 Å². The Bertz CT molecular complexity index is 1150. The molecule has 2 N–H and O–H groups in total. The highest BCUT2D eigenvalue weighted by molar-refractivity contribution is 5.86. The first-order valence-corrected chi connectivity index (χ1v) is 13.0. The molecule has 8 nitrogen and oxygen atoms in total. The number of hydrogen-bond donors (Lipinski definition) is 2. The molecule has 0 fully saturated rings. The first-order valence-electron chi connectivity index (χ1n) is 13.0. The van der Waals surface area contributed by atoms with Crippen molar-refractivity contribution in [3.63, 3.8) is 0 Å². The quantitative estimate of drug-likeness (QED) is 0.298. The minimum Gasteiger partial charge on any atom is -0.497 e. The van der Waals surface area contributed by atoms with Gasteiger partial charge in [0.15, 0.2) is 6.04 Å². The summed E-state index contributed by atoms with van der Waals surface area (Å²) in [6.07, 6.45) is 0.538. The molecule has 0 saturated heterocycles. The number of hydrogen-bond acceptors (Lipinski definition) is 6. The van der Waals surface area contributed by atoms with Crippen LogP contribution in [0.5, 0.6) is 11.5 Å². The summed E-state index contributed by atoms with van der Waals surface area (Å²) in [5.74, 6) is -0.0883. The van der Waals surface area contributed by atoms with Crippen LogP contribution in [0.2, 0.25) is 0 Å². The van der Waals surface area contributed by atoms with Crippen molar-refractivity contribution in [2.24, 2.45) is 0 Å². The lowest BCUT2D eigenvalue weighted by molar-refractivity contribution is -0.154. The van der Waals surface area contributed by atoms with Crippen molar-refractivity contribution in [3.05, 3.63) is 95.6 Å². The van der Waals surface area contributed by atoms with Crippen LogP contribution in [0.4, 0.5) is 0 Å². The van der Waals surface area contributed by atoms with Crippen LogP contribution in [0.25, 0.3) is 0 Å². The Labute approximate surface area is 230 Å². The van der Waals surface area contributed by atoms with E-state index in [1.165, 1.54) is 11.9 Å². The first-order chi connectivity index (χ1) is 18.8. The highest BCUT2D eigenvalue weighted by atomic mass is 16.5. The molecule has 2 atom stereocenters. The molecule has 0 aliphatic rings. The maximum Gasteiger partial charge on any atom is 0.328 e. The van der Waals surface area contributed by atoms with Crippen LogP contribution in [0, 0.1) is 0 Å². The van der Waals surface area contributed by atoms with Gasteiger partial charge in [-0.05, 0) is 53.9 Å². The van der Waals surface area contributed by atoms with Gasteiger partial charge in [0.25, 0.3) is 0 Å². The van der Waals surface area contributed by atoms with Crippen LogP contribution in [0.1, 0.15) is 37.0 Å². The number of aliphatic carboxylic acids is 1. The number of likely N-dealkylation sites (N-methyl/N-ethyl adjacent to an activating group) is 2. The molecule has 0 aliphatic carbocycles. The Hall–Kier alpha value is -3.88. The van der Waals surface area contributed by atoms with Gasteiger partial charge >= 0.3 is 5.97 Å². The molecular weight excluding hydrogens is 496 g/mol. The second kappa shape index (κ2) is 13.8. The monoisotopic (exact) mass is 534 g/mol. The minimum absolute atomic E-state index is 0.257. The van der Waals surface area contributed by atoms with Crippen LogP contribution in [0.3, 0.4) is 0 Å². The maximum absolute atomic E-state index is 13.2. The molecule has 1 amide bonds. The fraction of sp³-hybridized carbons (Fsp3) is 0.355. The molecule has 0 unspecified atom stereocenters. The van der Waals surface area contributed by atoms with Gasteiger partial charge in [0, 0.05) is 7.05 Å². The molecule has 3 aromatic rings. The SMILES string of the molecule is CCN[C@@H](CC)C(=O)N(C)[C@@H](COC(c1ccccc1)(c1ccc(OC)cc1)c1ccc(OC)cc1)C(=O)O. The Balaban J connectivity index is 2.14. The number of benzene rings is 3. The highest BCUT2D eigenvalue weighted by Crippen LogP contribution is 2.42. The molecule has 0 spiro atoms. The number of carbonyl (C=O) groups is 2. The number of amides is 1. The summed E-state index contributed by atoms with van der Waals surface area (Å²) in [6, 6.07) is 22.9. The number of carboxylic acid groups (broad SMARTS) is 1. The zero-order chi connectivity index (χ0) is 28.4. The second-order valence-electron chi connectivity index (χ2n) is 9.14. The number of rotatable bonds is 14. The van der Waals surface area contributed by atoms with Gasteiger partial charge in [0.1, 0.15) is 17.1 Å². The normalized spacial score (nSPS) is 12.8. The van der Waals surface area contributed by atoms with Crippen molar-refractivity contribution in [3.8, 4) is 11.5 Å². The molecular formula is C31H38N2O6. The predicted molar refractivity (Wildman–Crippen MR) is 150 cm³/mol. The highest BCUT2D eigenvalue weighted by Gasteiger charge is 2.40. The molecule has 3 rings (SSSR count). The smallest absolute Gasteiger partial charge is 0.328 e. The summed E-state index contributed by atoms with van der Waals surface area (Å²) >= 11 is 0. The molecule has 208 valence electrons. The number of ether oxygens (including phenoxy) is 3. The van der Waals surface area contributed by atoms with E-state index in [0.717, 1.165) is 16.7 Å². The van der Waals surface area contributed by atoms with Crippen molar-refractivity contribution < 1.29 is 28.9 Å². The summed E-state index contributed by atoms with van der Waals surface area (Å²) in [5.41, 5.74) is 1.16. The van der Waals surface area contributed by atoms with Gasteiger partial charge in [-0.1, -0.05) is 68.4 Å². The predicted octanol–water partition coefficient (Wildman–Crippen LogP) is 4.31. The van der Waals surface area contributed by atoms with E-state index in [4.69, 9.17) is 14.2 Å². The van der Waals surface area contributed by atoms with Gasteiger partial charge in [-0.25, -0.2) is 4.79 Å². The topological polar surface area (TPSA) is 97.3 Å². The summed E-state index contributed by atoms with van der Waals surface area (Å²) in [7, 11) is 4.71. The zero-order valence-corrected chi connectivity index (χ0v) is 23.2. The van der Waals surface area contributed by atoms with Crippen LogP contribution in [0.15, 0.2) is 78.9 Å². The average Bonchev–Trinajstić information content (AvgIpc) is 2.98. The summed E-state index contributed by atoms with van der Waals surface area (Å²) in [6.45, 7) is 4.14. The van der Waals surface area contributed by atoms with Crippen molar-refractivity contribution >= 4 is 11.9 Å². The largest absolute Gasteiger partial charge is 0.497 e. The maximum atomic E-state index is 13.2. The van der Waals surface area contributed by atoms with Crippen molar-refractivity contribution in [1.82, 2.24) is 10.2 Å². The minimum atomic E-state index is -1.22. The van der Waals surface area contributed by atoms with Crippen molar-refractivity contribution in [2.45, 2.75) is 38.0 Å². The molecule has 0 heterocycles. The van der Waals surface area contributed by atoms with Crippen LogP contribution in [-0.2, 0) is 19.9 Å². The number of carboxylic acids is 1. The van der Waals surface area contributed by atoms with E-state index in [-0.39, 0.29) is 12.5 Å². The Morgan fingerprint density at radius 3 is 1.74 bits per heavy atom. The standard InChI is InChI=1S/C31H38N2O6/c1-6-27(32-7-2)29(34)33(3)28(30(35)36)21-39-31(22-11-9-8-10-12-22,23-13-17-25(37-4)18-14-23)24-15-19-26(38-5)20-16-24/h8-20,27-28,32H,6-7,21H2,1-5H3,(H,35,36)/t27-,28-/m0/s1. The molecule has 0 bridgehead atoms. The summed E-state index contributed by atoms with van der Waals surface area (Å²) in [5, 5.41) is 13.3. The van der Waals surface area contributed by atoms with E-state index in [0.29, 0.717) is 24.5 Å². The molecule has 0 aliphatic heterocycles. The van der Waals surface area contributed by atoms with E-state index in [9.17, 15) is 14.7 Å². The second-order valence-corrected chi connectivity index (χ2v) is 9.14. The fourth-order valence-corrected chi connectivity index (χ4v) is 4.68. The number of nitrogens with one attached hydrogen (secondary N) is 1. The van der Waals surface area contributed by atoms with E-state index in [1.54, 1.807) is 14.2 Å². The lowest BCUT2D eigenvalue weighted by atomic mass is 9.80. The molecule has 3 aromatic carbocycles. The van der Waals surface area contributed by atoms with Gasteiger partial charge in [-0.2, -0.15) is 0 Å². The average molecular weight is 535 g/mol. The Morgan fingerprint density at radius 2 is 1.33 bits per heavy atom. The molecule has 0 saturated carbocycles. The third kappa shape index (κ3) is 6.58. The third-order valence-corrected chi connectivity index (χ3v) is 6.89. The number of nitrogens with zero attached hydrogens (tertiary/aromatic N) is 1. The van der Waals surface area contributed by atoms with Crippen LogP contribution < -0.4 is 14.8 Å². The van der Waals surface area contributed by atoms with Crippen LogP contribution in [-0.4, -0.2) is 68.4 Å². The van der Waals surface area contributed by atoms with Crippen molar-refractivity contribution in [2.75, 3.05) is 34.4 Å². The van der Waals surface area contributed by atoms with Gasteiger partial charge < -0.3 is 29.5 Å². The van der Waals surface area contributed by atoms with Gasteiger partial charge in [-0.15, -0.1) is 0 Å². The fourth-order valence-electron chi connectivity index (χ4n) is 4.68. The first kappa shape index (κ1) is 29.7. The van der Waals surface area contributed by atoms with Gasteiger partial charge in [-0.3, -0.25) is 4.79 Å². The van der Waals surface area contributed by atoms with Gasteiger partial charge in [0.2, 0.25) is 5.91 Å².